The molecule has 0 atom stereocenters. The van der Waals surface area contributed by atoms with Crippen LogP contribution in [0.5, 0.6) is 11.5 Å². The second kappa shape index (κ2) is 9.78. The van der Waals surface area contributed by atoms with E-state index in [0.717, 1.165) is 36.3 Å². The molecule has 0 radical (unpaired) electrons. The van der Waals surface area contributed by atoms with Crippen LogP contribution in [0.4, 0.5) is 5.13 Å². The van der Waals surface area contributed by atoms with E-state index in [1.165, 1.54) is 11.3 Å². The minimum Gasteiger partial charge on any atom is -0.493 e. The fourth-order valence-corrected chi connectivity index (χ4v) is 2.95. The van der Waals surface area contributed by atoms with Crippen LogP contribution in [0.3, 0.4) is 0 Å². The van der Waals surface area contributed by atoms with Crippen LogP contribution in [0, 0.1) is 0 Å². The highest BCUT2D eigenvalue weighted by Crippen LogP contribution is 2.28. The first-order valence-corrected chi connectivity index (χ1v) is 9.00. The Labute approximate surface area is 151 Å². The Morgan fingerprint density at radius 2 is 2.20 bits per heavy atom. The number of ether oxygens (including phenoxy) is 2. The molecule has 0 spiro atoms. The van der Waals surface area contributed by atoms with Crippen LogP contribution in [-0.2, 0) is 17.6 Å². The maximum absolute atomic E-state index is 12.0. The Hall–Kier alpha value is -2.41. The van der Waals surface area contributed by atoms with Gasteiger partial charge in [-0.05, 0) is 30.5 Å². The number of carbonyl (C=O) groups is 1. The molecule has 0 fully saturated rings. The average molecular weight is 361 g/mol. The molecular formula is C18H23N3O3S. The van der Waals surface area contributed by atoms with Crippen molar-refractivity contribution in [2.24, 2.45) is 0 Å². The van der Waals surface area contributed by atoms with Crippen molar-refractivity contribution in [2.45, 2.75) is 32.6 Å². The number of nitrogens with one attached hydrogen (secondary N) is 1. The summed E-state index contributed by atoms with van der Waals surface area (Å²) in [4.78, 5) is 12.0. The number of benzene rings is 1. The van der Waals surface area contributed by atoms with Crippen LogP contribution in [0.25, 0.3) is 0 Å². The summed E-state index contributed by atoms with van der Waals surface area (Å²) in [6.45, 7) is 5.72. The summed E-state index contributed by atoms with van der Waals surface area (Å²) >= 11 is 1.39. The second-order valence-electron chi connectivity index (χ2n) is 5.42. The lowest BCUT2D eigenvalue weighted by atomic mass is 10.1. The summed E-state index contributed by atoms with van der Waals surface area (Å²) in [6.07, 6.45) is 5.61. The first kappa shape index (κ1) is 18.9. The summed E-state index contributed by atoms with van der Waals surface area (Å²) in [5.74, 6) is 0.826. The Bertz CT molecular complexity index is 715. The summed E-state index contributed by atoms with van der Waals surface area (Å²) in [5, 5.41) is 12.2. The molecule has 0 aliphatic carbocycles. The topological polar surface area (TPSA) is 73.3 Å². The van der Waals surface area contributed by atoms with E-state index < -0.39 is 0 Å². The molecule has 0 unspecified atom stereocenters. The molecule has 7 heteroatoms. The number of anilines is 1. The Morgan fingerprint density at radius 3 is 2.92 bits per heavy atom. The molecule has 0 bridgehead atoms. The third-order valence-electron chi connectivity index (χ3n) is 3.42. The third kappa shape index (κ3) is 5.86. The molecule has 1 heterocycles. The lowest BCUT2D eigenvalue weighted by Crippen LogP contribution is -2.20. The summed E-state index contributed by atoms with van der Waals surface area (Å²) in [5.41, 5.74) is 1.07. The van der Waals surface area contributed by atoms with E-state index in [0.29, 0.717) is 16.6 Å². The van der Waals surface area contributed by atoms with Gasteiger partial charge in [0.2, 0.25) is 5.13 Å². The van der Waals surface area contributed by atoms with Crippen molar-refractivity contribution in [3.05, 3.63) is 41.4 Å². The summed E-state index contributed by atoms with van der Waals surface area (Å²) in [6, 6.07) is 5.58. The minimum atomic E-state index is -0.282. The number of hydrogen-bond acceptors (Lipinski definition) is 6. The Balaban J connectivity index is 1.89. The van der Waals surface area contributed by atoms with Crippen molar-refractivity contribution in [1.82, 2.24) is 10.2 Å². The molecule has 0 aliphatic heterocycles. The zero-order valence-corrected chi connectivity index (χ0v) is 15.4. The first-order valence-electron chi connectivity index (χ1n) is 8.19. The lowest BCUT2D eigenvalue weighted by Gasteiger charge is -2.11. The molecule has 134 valence electrons. The predicted octanol–water partition coefficient (Wildman–Crippen LogP) is 3.64. The Kier molecular flexibility index (Phi) is 7.40. The molecule has 1 amide bonds. The maximum Gasteiger partial charge on any atom is 0.264 e. The van der Waals surface area contributed by atoms with E-state index in [4.69, 9.17) is 9.47 Å². The van der Waals surface area contributed by atoms with Gasteiger partial charge in [0, 0.05) is 6.42 Å². The maximum atomic E-state index is 12.0. The SMILES string of the molecule is C=CCc1ccc(OCC(=O)Nc2nnc(CCCC)s2)c(OC)c1. The van der Waals surface area contributed by atoms with Crippen LogP contribution < -0.4 is 14.8 Å². The van der Waals surface area contributed by atoms with Gasteiger partial charge in [0.05, 0.1) is 7.11 Å². The highest BCUT2D eigenvalue weighted by Gasteiger charge is 2.11. The Morgan fingerprint density at radius 1 is 1.36 bits per heavy atom. The van der Waals surface area contributed by atoms with E-state index in [9.17, 15) is 4.79 Å². The molecule has 0 saturated heterocycles. The summed E-state index contributed by atoms with van der Waals surface area (Å²) in [7, 11) is 1.57. The van der Waals surface area contributed by atoms with Gasteiger partial charge in [-0.25, -0.2) is 0 Å². The van der Waals surface area contributed by atoms with Gasteiger partial charge in [-0.2, -0.15) is 0 Å². The van der Waals surface area contributed by atoms with Crippen LogP contribution in [0.1, 0.15) is 30.3 Å². The number of methoxy groups -OCH3 is 1. The van der Waals surface area contributed by atoms with Crippen molar-refractivity contribution in [3.8, 4) is 11.5 Å². The van der Waals surface area contributed by atoms with Crippen molar-refractivity contribution in [3.63, 3.8) is 0 Å². The number of amides is 1. The van der Waals surface area contributed by atoms with Crippen molar-refractivity contribution < 1.29 is 14.3 Å². The number of aromatic nitrogens is 2. The van der Waals surface area contributed by atoms with E-state index in [-0.39, 0.29) is 12.5 Å². The normalized spacial score (nSPS) is 10.3. The number of carbonyl (C=O) groups excluding carboxylic acids is 1. The molecule has 1 N–H and O–H groups in total. The molecule has 6 nitrogen and oxygen atoms in total. The summed E-state index contributed by atoms with van der Waals surface area (Å²) < 4.78 is 10.9. The van der Waals surface area contributed by atoms with E-state index in [1.54, 1.807) is 13.2 Å². The zero-order valence-electron chi connectivity index (χ0n) is 14.6. The number of unbranched alkanes of at least 4 members (excludes halogenated alkanes) is 1. The quantitative estimate of drug-likeness (QED) is 0.654. The average Bonchev–Trinajstić information content (AvgIpc) is 3.06. The molecule has 25 heavy (non-hydrogen) atoms. The molecule has 1 aromatic carbocycles. The van der Waals surface area contributed by atoms with Crippen molar-refractivity contribution in [1.29, 1.82) is 0 Å². The van der Waals surface area contributed by atoms with Gasteiger partial charge in [-0.15, -0.1) is 16.8 Å². The number of nitrogens with zero attached hydrogens (tertiary/aromatic N) is 2. The fraction of sp³-hybridized carbons (Fsp3) is 0.389. The van der Waals surface area contributed by atoms with Gasteiger partial charge in [0.25, 0.3) is 5.91 Å². The number of rotatable bonds is 10. The lowest BCUT2D eigenvalue weighted by molar-refractivity contribution is -0.118. The largest absolute Gasteiger partial charge is 0.493 e. The van der Waals surface area contributed by atoms with Crippen molar-refractivity contribution in [2.75, 3.05) is 19.0 Å². The predicted molar refractivity (Wildman–Crippen MR) is 99.5 cm³/mol. The third-order valence-corrected chi connectivity index (χ3v) is 4.32. The van der Waals surface area contributed by atoms with E-state index in [2.05, 4.69) is 29.0 Å². The standard InChI is InChI=1S/C18H23N3O3S/c1-4-6-8-17-20-21-18(25-17)19-16(22)12-24-14-10-9-13(7-5-2)11-15(14)23-3/h5,9-11H,2,4,6-8,12H2,1,3H3,(H,19,21,22). The van der Waals surface area contributed by atoms with Crippen LogP contribution in [-0.4, -0.2) is 29.8 Å². The van der Waals surface area contributed by atoms with E-state index >= 15 is 0 Å². The van der Waals surface area contributed by atoms with Crippen LogP contribution in [0.15, 0.2) is 30.9 Å². The first-order chi connectivity index (χ1) is 12.2. The molecule has 0 saturated carbocycles. The number of allylic oxidation sites excluding steroid dienone is 1. The van der Waals surface area contributed by atoms with Crippen LogP contribution >= 0.6 is 11.3 Å². The molecule has 0 aliphatic rings. The van der Waals surface area contributed by atoms with Crippen molar-refractivity contribution >= 4 is 22.4 Å². The van der Waals surface area contributed by atoms with E-state index in [1.807, 2.05) is 18.2 Å². The van der Waals surface area contributed by atoms with Gasteiger partial charge < -0.3 is 9.47 Å². The van der Waals surface area contributed by atoms with Gasteiger partial charge in [0.15, 0.2) is 18.1 Å². The smallest absolute Gasteiger partial charge is 0.264 e. The molecule has 2 rings (SSSR count). The number of hydrogen-bond donors (Lipinski definition) is 1. The highest BCUT2D eigenvalue weighted by molar-refractivity contribution is 7.15. The van der Waals surface area contributed by atoms with Crippen LogP contribution in [0.2, 0.25) is 0 Å². The van der Waals surface area contributed by atoms with Gasteiger partial charge in [-0.1, -0.05) is 36.8 Å². The minimum absolute atomic E-state index is 0.124. The highest BCUT2D eigenvalue weighted by atomic mass is 32.1. The van der Waals surface area contributed by atoms with Gasteiger partial charge >= 0.3 is 0 Å². The monoisotopic (exact) mass is 361 g/mol. The molecular weight excluding hydrogens is 338 g/mol. The van der Waals surface area contributed by atoms with Gasteiger partial charge in [0.1, 0.15) is 5.01 Å². The molecule has 2 aromatic rings. The second-order valence-corrected chi connectivity index (χ2v) is 6.48. The number of aryl methyl sites for hydroxylation is 1. The van der Waals surface area contributed by atoms with Gasteiger partial charge in [-0.3, -0.25) is 10.1 Å². The fourth-order valence-electron chi connectivity index (χ4n) is 2.16. The molecule has 1 aromatic heterocycles. The zero-order chi connectivity index (χ0) is 18.1.